The van der Waals surface area contributed by atoms with Gasteiger partial charge in [0.2, 0.25) is 11.8 Å². The quantitative estimate of drug-likeness (QED) is 0.164. The second-order valence-electron chi connectivity index (χ2n) is 10.1. The van der Waals surface area contributed by atoms with Crippen molar-refractivity contribution in [2.75, 3.05) is 19.7 Å². The van der Waals surface area contributed by atoms with E-state index < -0.39 is 11.8 Å². The average Bonchev–Trinajstić information content (AvgIpc) is 3.06. The summed E-state index contributed by atoms with van der Waals surface area (Å²) >= 11 is 0. The second-order valence-corrected chi connectivity index (χ2v) is 10.1. The van der Waals surface area contributed by atoms with Gasteiger partial charge in [-0.3, -0.25) is 14.4 Å². The number of halogens is 1. The first-order valence-electron chi connectivity index (χ1n) is 14.4. The van der Waals surface area contributed by atoms with Crippen molar-refractivity contribution >= 4 is 30.1 Å². The Morgan fingerprint density at radius 1 is 0.659 bits per heavy atom. The molecule has 4 aromatic rings. The van der Waals surface area contributed by atoms with Crippen molar-refractivity contribution in [1.82, 2.24) is 16.0 Å². The molecule has 5 N–H and O–H groups in total. The van der Waals surface area contributed by atoms with Crippen molar-refractivity contribution in [2.45, 2.75) is 31.8 Å². The highest BCUT2D eigenvalue weighted by atomic mass is 35.5. The van der Waals surface area contributed by atoms with Crippen molar-refractivity contribution < 1.29 is 19.1 Å². The van der Waals surface area contributed by atoms with Crippen molar-refractivity contribution in [3.05, 3.63) is 137 Å². The van der Waals surface area contributed by atoms with Crippen LogP contribution in [0.15, 0.2) is 109 Å². The van der Waals surface area contributed by atoms with E-state index in [0.29, 0.717) is 31.0 Å². The maximum absolute atomic E-state index is 13.7. The minimum atomic E-state index is -0.691. The van der Waals surface area contributed by atoms with Gasteiger partial charge in [-0.25, -0.2) is 0 Å². The lowest BCUT2D eigenvalue weighted by atomic mass is 9.95. The standard InChI is InChI=1S/C35H38N4O4.ClH/c1-2-43-30-19-17-28(18-20-30)32(23-38-33(40)29-11-7-4-8-12-29)35(42)39-24-31(27-9-5-3-6-10-27)34(41)37-22-26-15-13-25(21-36)14-16-26;/h3-20,31-32H,2,21-24,36H2,1H3,(H,37,41)(H,38,40)(H,39,42);1H/t31-,32+;/m0./s1. The Hall–Kier alpha value is -4.66. The van der Waals surface area contributed by atoms with Gasteiger partial charge in [0.15, 0.2) is 0 Å². The van der Waals surface area contributed by atoms with Crippen LogP contribution in [0.2, 0.25) is 0 Å². The predicted molar refractivity (Wildman–Crippen MR) is 175 cm³/mol. The fourth-order valence-electron chi connectivity index (χ4n) is 4.69. The first-order chi connectivity index (χ1) is 21.0. The summed E-state index contributed by atoms with van der Waals surface area (Å²) in [5.74, 6) is -1.40. The SMILES string of the molecule is CCOc1ccc([C@@H](CNC(=O)c2ccccc2)C(=O)NC[C@H](C(=O)NCc2ccc(CN)cc2)c2ccccc2)cc1.Cl. The number of nitrogens with two attached hydrogens (primary N) is 1. The zero-order chi connectivity index (χ0) is 30.4. The lowest BCUT2D eigenvalue weighted by Gasteiger charge is -2.22. The van der Waals surface area contributed by atoms with Crippen LogP contribution in [-0.4, -0.2) is 37.4 Å². The Bertz CT molecular complexity index is 1470. The molecule has 0 spiro atoms. The monoisotopic (exact) mass is 614 g/mol. The largest absolute Gasteiger partial charge is 0.494 e. The maximum atomic E-state index is 13.7. The molecule has 4 aromatic carbocycles. The van der Waals surface area contributed by atoms with Crippen LogP contribution >= 0.6 is 12.4 Å². The Morgan fingerprint density at radius 2 is 1.18 bits per heavy atom. The summed E-state index contributed by atoms with van der Waals surface area (Å²) in [6.07, 6.45) is 0. The fraction of sp³-hybridized carbons (Fsp3) is 0.229. The van der Waals surface area contributed by atoms with E-state index in [9.17, 15) is 14.4 Å². The number of carbonyl (C=O) groups is 3. The third-order valence-electron chi connectivity index (χ3n) is 7.14. The topological polar surface area (TPSA) is 123 Å². The van der Waals surface area contributed by atoms with Gasteiger partial charge in [0.1, 0.15) is 5.75 Å². The highest BCUT2D eigenvalue weighted by Crippen LogP contribution is 2.21. The molecule has 0 unspecified atom stereocenters. The van der Waals surface area contributed by atoms with Gasteiger partial charge in [-0.1, -0.05) is 84.9 Å². The zero-order valence-electron chi connectivity index (χ0n) is 24.7. The molecule has 0 aromatic heterocycles. The molecule has 230 valence electrons. The molecule has 0 fully saturated rings. The third-order valence-corrected chi connectivity index (χ3v) is 7.14. The van der Waals surface area contributed by atoms with E-state index in [0.717, 1.165) is 22.3 Å². The van der Waals surface area contributed by atoms with Gasteiger partial charge in [-0.05, 0) is 53.4 Å². The van der Waals surface area contributed by atoms with Crippen molar-refractivity contribution in [3.63, 3.8) is 0 Å². The van der Waals surface area contributed by atoms with E-state index in [2.05, 4.69) is 16.0 Å². The molecule has 44 heavy (non-hydrogen) atoms. The summed E-state index contributed by atoms with van der Waals surface area (Å²) in [7, 11) is 0. The zero-order valence-corrected chi connectivity index (χ0v) is 25.5. The third kappa shape index (κ3) is 9.69. The van der Waals surface area contributed by atoms with Gasteiger partial charge in [0, 0.05) is 31.7 Å². The molecule has 0 aliphatic rings. The van der Waals surface area contributed by atoms with Gasteiger partial charge in [0.25, 0.3) is 5.91 Å². The molecule has 0 saturated heterocycles. The minimum absolute atomic E-state index is 0. The number of ether oxygens (including phenoxy) is 1. The number of rotatable bonds is 14. The Labute approximate surface area is 264 Å². The molecule has 0 aliphatic carbocycles. The number of carbonyl (C=O) groups excluding carboxylic acids is 3. The number of benzene rings is 4. The van der Waals surface area contributed by atoms with Crippen LogP contribution < -0.4 is 26.4 Å². The van der Waals surface area contributed by atoms with Crippen LogP contribution in [-0.2, 0) is 22.7 Å². The van der Waals surface area contributed by atoms with Crippen molar-refractivity contribution in [1.29, 1.82) is 0 Å². The van der Waals surface area contributed by atoms with Gasteiger partial charge in [-0.15, -0.1) is 12.4 Å². The van der Waals surface area contributed by atoms with E-state index >= 15 is 0 Å². The highest BCUT2D eigenvalue weighted by Gasteiger charge is 2.26. The fourth-order valence-corrected chi connectivity index (χ4v) is 4.69. The summed E-state index contributed by atoms with van der Waals surface area (Å²) in [5.41, 5.74) is 9.67. The molecule has 8 nitrogen and oxygen atoms in total. The molecule has 0 bridgehead atoms. The molecule has 0 radical (unpaired) electrons. The van der Waals surface area contributed by atoms with E-state index in [-0.39, 0.29) is 43.2 Å². The predicted octanol–water partition coefficient (Wildman–Crippen LogP) is 4.70. The van der Waals surface area contributed by atoms with E-state index in [1.807, 2.05) is 79.7 Å². The maximum Gasteiger partial charge on any atom is 0.251 e. The Morgan fingerprint density at radius 3 is 1.77 bits per heavy atom. The minimum Gasteiger partial charge on any atom is -0.494 e. The van der Waals surface area contributed by atoms with E-state index in [4.69, 9.17) is 10.5 Å². The lowest BCUT2D eigenvalue weighted by molar-refractivity contribution is -0.124. The second kappa shape index (κ2) is 17.5. The molecule has 4 rings (SSSR count). The number of hydrogen-bond acceptors (Lipinski definition) is 5. The van der Waals surface area contributed by atoms with Gasteiger partial charge < -0.3 is 26.4 Å². The number of amides is 3. The molecule has 3 amide bonds. The van der Waals surface area contributed by atoms with Crippen LogP contribution in [0.4, 0.5) is 0 Å². The Balaban J connectivity index is 0.00000529. The summed E-state index contributed by atoms with van der Waals surface area (Å²) < 4.78 is 5.56. The molecule has 0 aliphatic heterocycles. The smallest absolute Gasteiger partial charge is 0.251 e. The Kier molecular flexibility index (Phi) is 13.4. The first kappa shape index (κ1) is 33.8. The normalized spacial score (nSPS) is 11.8. The van der Waals surface area contributed by atoms with Crippen LogP contribution in [0, 0.1) is 0 Å². The van der Waals surface area contributed by atoms with Gasteiger partial charge in [-0.2, -0.15) is 0 Å². The number of nitrogens with one attached hydrogen (secondary N) is 3. The summed E-state index contributed by atoms with van der Waals surface area (Å²) in [6.45, 7) is 3.39. The lowest BCUT2D eigenvalue weighted by Crippen LogP contribution is -2.41. The van der Waals surface area contributed by atoms with Crippen molar-refractivity contribution in [2.24, 2.45) is 5.73 Å². The van der Waals surface area contributed by atoms with Crippen LogP contribution in [0.1, 0.15) is 51.4 Å². The first-order valence-corrected chi connectivity index (χ1v) is 14.4. The average molecular weight is 615 g/mol. The van der Waals surface area contributed by atoms with Gasteiger partial charge in [0.05, 0.1) is 18.4 Å². The summed E-state index contributed by atoms with van der Waals surface area (Å²) in [5, 5.41) is 8.87. The van der Waals surface area contributed by atoms with Crippen LogP contribution in [0.25, 0.3) is 0 Å². The van der Waals surface area contributed by atoms with Crippen molar-refractivity contribution in [3.8, 4) is 5.75 Å². The summed E-state index contributed by atoms with van der Waals surface area (Å²) in [6, 6.07) is 33.2. The van der Waals surface area contributed by atoms with Crippen LogP contribution in [0.5, 0.6) is 5.75 Å². The number of hydrogen-bond donors (Lipinski definition) is 4. The highest BCUT2D eigenvalue weighted by molar-refractivity contribution is 5.95. The molecule has 0 heterocycles. The molecular formula is C35H39ClN4O4. The van der Waals surface area contributed by atoms with Crippen LogP contribution in [0.3, 0.4) is 0 Å². The molecular weight excluding hydrogens is 576 g/mol. The molecule has 9 heteroatoms. The van der Waals surface area contributed by atoms with E-state index in [1.54, 1.807) is 36.4 Å². The van der Waals surface area contributed by atoms with E-state index in [1.165, 1.54) is 0 Å². The summed E-state index contributed by atoms with van der Waals surface area (Å²) in [4.78, 5) is 39.9. The molecule has 0 saturated carbocycles. The molecule has 2 atom stereocenters. The van der Waals surface area contributed by atoms with Gasteiger partial charge >= 0.3 is 0 Å².